The summed E-state index contributed by atoms with van der Waals surface area (Å²) in [5.41, 5.74) is 1.45. The Morgan fingerprint density at radius 1 is 1.35 bits per heavy atom. The fourth-order valence-corrected chi connectivity index (χ4v) is 2.52. The highest BCUT2D eigenvalue weighted by atomic mass is 15.1. The third kappa shape index (κ3) is 3.08. The predicted octanol–water partition coefficient (Wildman–Crippen LogP) is 2.82. The minimum absolute atomic E-state index is 0.464. The van der Waals surface area contributed by atoms with Gasteiger partial charge in [0.1, 0.15) is 5.82 Å². The van der Waals surface area contributed by atoms with Crippen molar-refractivity contribution in [3.8, 4) is 0 Å². The van der Waals surface area contributed by atoms with Gasteiger partial charge in [0.25, 0.3) is 0 Å². The summed E-state index contributed by atoms with van der Waals surface area (Å²) < 4.78 is 0. The van der Waals surface area contributed by atoms with Crippen LogP contribution in [0.3, 0.4) is 0 Å². The lowest BCUT2D eigenvalue weighted by molar-refractivity contribution is 0.378. The average Bonchev–Trinajstić information content (AvgIpc) is 2.57. The molecule has 4 nitrogen and oxygen atoms in total. The molecule has 1 aliphatic carbocycles. The Morgan fingerprint density at radius 3 is 2.71 bits per heavy atom. The fraction of sp³-hybridized carbons (Fsp3) is 0.692. The van der Waals surface area contributed by atoms with E-state index in [4.69, 9.17) is 0 Å². The maximum Gasteiger partial charge on any atom is 0.224 e. The Bertz CT molecular complexity index is 400. The van der Waals surface area contributed by atoms with Crippen molar-refractivity contribution in [3.63, 3.8) is 0 Å². The van der Waals surface area contributed by atoms with Gasteiger partial charge in [-0.2, -0.15) is 4.98 Å². The molecule has 94 valence electrons. The molecule has 0 saturated heterocycles. The van der Waals surface area contributed by atoms with Crippen LogP contribution in [-0.4, -0.2) is 23.1 Å². The number of nitrogens with one attached hydrogen (secondary N) is 2. The molecule has 1 saturated carbocycles. The van der Waals surface area contributed by atoms with Gasteiger partial charge < -0.3 is 10.6 Å². The van der Waals surface area contributed by atoms with E-state index in [9.17, 15) is 0 Å². The zero-order chi connectivity index (χ0) is 12.5. The molecule has 1 aromatic rings. The number of aromatic nitrogens is 2. The van der Waals surface area contributed by atoms with Gasteiger partial charge in [0.15, 0.2) is 0 Å². The zero-order valence-electron chi connectivity index (χ0n) is 11.2. The van der Waals surface area contributed by atoms with Crippen LogP contribution in [0.1, 0.15) is 38.8 Å². The van der Waals surface area contributed by atoms with Crippen LogP contribution in [0.15, 0.2) is 6.07 Å². The van der Waals surface area contributed by atoms with E-state index in [1.807, 2.05) is 20.0 Å². The summed E-state index contributed by atoms with van der Waals surface area (Å²) in [5, 5.41) is 6.51. The summed E-state index contributed by atoms with van der Waals surface area (Å²) in [6.07, 6.45) is 3.73. The topological polar surface area (TPSA) is 49.8 Å². The second kappa shape index (κ2) is 4.51. The second-order valence-electron chi connectivity index (χ2n) is 5.72. The van der Waals surface area contributed by atoms with Crippen molar-refractivity contribution in [1.29, 1.82) is 0 Å². The summed E-state index contributed by atoms with van der Waals surface area (Å²) in [7, 11) is 1.84. The molecule has 0 bridgehead atoms. The molecular weight excluding hydrogens is 212 g/mol. The van der Waals surface area contributed by atoms with Gasteiger partial charge >= 0.3 is 0 Å². The van der Waals surface area contributed by atoms with E-state index < -0.39 is 0 Å². The third-order valence-electron chi connectivity index (χ3n) is 3.40. The predicted molar refractivity (Wildman–Crippen MR) is 71.4 cm³/mol. The molecule has 1 unspecified atom stereocenters. The van der Waals surface area contributed by atoms with E-state index in [0.29, 0.717) is 17.4 Å². The maximum atomic E-state index is 4.43. The number of nitrogens with zero attached hydrogens (tertiary/aromatic N) is 2. The summed E-state index contributed by atoms with van der Waals surface area (Å²) in [5.74, 6) is 1.62. The average molecular weight is 234 g/mol. The van der Waals surface area contributed by atoms with Gasteiger partial charge in [-0.05, 0) is 31.6 Å². The van der Waals surface area contributed by atoms with Gasteiger partial charge in [-0.15, -0.1) is 0 Å². The minimum Gasteiger partial charge on any atom is -0.367 e. The van der Waals surface area contributed by atoms with Crippen molar-refractivity contribution in [2.24, 2.45) is 5.41 Å². The number of hydrogen-bond acceptors (Lipinski definition) is 4. The molecule has 1 fully saturated rings. The molecule has 2 rings (SSSR count). The van der Waals surface area contributed by atoms with E-state index in [0.717, 1.165) is 11.5 Å². The lowest BCUT2D eigenvalue weighted by atomic mass is 9.92. The molecule has 1 aliphatic rings. The highest BCUT2D eigenvalue weighted by Gasteiger charge is 2.30. The maximum absolute atomic E-state index is 4.43. The second-order valence-corrected chi connectivity index (χ2v) is 5.72. The van der Waals surface area contributed by atoms with Crippen molar-refractivity contribution in [1.82, 2.24) is 9.97 Å². The highest BCUT2D eigenvalue weighted by Crippen LogP contribution is 2.38. The van der Waals surface area contributed by atoms with Gasteiger partial charge in [0.05, 0.1) is 0 Å². The van der Waals surface area contributed by atoms with Crippen molar-refractivity contribution in [2.45, 2.75) is 46.1 Å². The van der Waals surface area contributed by atoms with Crippen LogP contribution < -0.4 is 10.6 Å². The summed E-state index contributed by atoms with van der Waals surface area (Å²) in [6, 6.07) is 2.55. The molecule has 4 heteroatoms. The standard InChI is InChI=1S/C13H22N4/c1-9-7-11(17-12(14-4)15-9)16-10-5-6-13(2,3)8-10/h7,10H,5-6,8H2,1-4H3,(H2,14,15,16,17). The van der Waals surface area contributed by atoms with E-state index in [1.54, 1.807) is 0 Å². The molecule has 0 radical (unpaired) electrons. The number of anilines is 2. The molecular formula is C13H22N4. The van der Waals surface area contributed by atoms with Crippen LogP contribution in [0.2, 0.25) is 0 Å². The molecule has 2 N–H and O–H groups in total. The molecule has 1 heterocycles. The minimum atomic E-state index is 0.464. The Hall–Kier alpha value is -1.32. The molecule has 0 amide bonds. The van der Waals surface area contributed by atoms with Gasteiger partial charge in [-0.25, -0.2) is 4.98 Å². The molecule has 1 atom stereocenters. The first-order chi connectivity index (χ1) is 7.98. The Balaban J connectivity index is 2.06. The van der Waals surface area contributed by atoms with Crippen LogP contribution >= 0.6 is 0 Å². The van der Waals surface area contributed by atoms with E-state index in [2.05, 4.69) is 34.4 Å². The summed E-state index contributed by atoms with van der Waals surface area (Å²) >= 11 is 0. The lowest BCUT2D eigenvalue weighted by Crippen LogP contribution is -2.18. The van der Waals surface area contributed by atoms with Crippen molar-refractivity contribution >= 4 is 11.8 Å². The van der Waals surface area contributed by atoms with Crippen LogP contribution in [-0.2, 0) is 0 Å². The first-order valence-electron chi connectivity index (χ1n) is 6.28. The largest absolute Gasteiger partial charge is 0.367 e. The molecule has 17 heavy (non-hydrogen) atoms. The van der Waals surface area contributed by atoms with Crippen LogP contribution in [0.4, 0.5) is 11.8 Å². The SMILES string of the molecule is CNc1nc(C)cc(NC2CCC(C)(C)C2)n1. The first-order valence-corrected chi connectivity index (χ1v) is 6.28. The van der Waals surface area contributed by atoms with Crippen molar-refractivity contribution in [3.05, 3.63) is 11.8 Å². The van der Waals surface area contributed by atoms with E-state index in [1.165, 1.54) is 19.3 Å². The van der Waals surface area contributed by atoms with Gasteiger partial charge in [0.2, 0.25) is 5.95 Å². The van der Waals surface area contributed by atoms with Gasteiger partial charge in [-0.1, -0.05) is 13.8 Å². The third-order valence-corrected chi connectivity index (χ3v) is 3.40. The molecule has 0 aromatic carbocycles. The van der Waals surface area contributed by atoms with Gasteiger partial charge in [-0.3, -0.25) is 0 Å². The number of hydrogen-bond donors (Lipinski definition) is 2. The fourth-order valence-electron chi connectivity index (χ4n) is 2.52. The molecule has 0 spiro atoms. The molecule has 0 aliphatic heterocycles. The quantitative estimate of drug-likeness (QED) is 0.844. The van der Waals surface area contributed by atoms with Crippen LogP contribution in [0.5, 0.6) is 0 Å². The van der Waals surface area contributed by atoms with Gasteiger partial charge in [0, 0.05) is 24.8 Å². The number of aryl methyl sites for hydroxylation is 1. The van der Waals surface area contributed by atoms with E-state index >= 15 is 0 Å². The Labute approximate surface area is 103 Å². The summed E-state index contributed by atoms with van der Waals surface area (Å²) in [6.45, 7) is 6.66. The van der Waals surface area contributed by atoms with Crippen LogP contribution in [0, 0.1) is 12.3 Å². The monoisotopic (exact) mass is 234 g/mol. The lowest BCUT2D eigenvalue weighted by Gasteiger charge is -2.18. The Kier molecular flexibility index (Phi) is 3.22. The van der Waals surface area contributed by atoms with E-state index in [-0.39, 0.29) is 0 Å². The van der Waals surface area contributed by atoms with Crippen molar-refractivity contribution in [2.75, 3.05) is 17.7 Å². The zero-order valence-corrected chi connectivity index (χ0v) is 11.2. The van der Waals surface area contributed by atoms with Crippen molar-refractivity contribution < 1.29 is 0 Å². The number of rotatable bonds is 3. The van der Waals surface area contributed by atoms with Crippen LogP contribution in [0.25, 0.3) is 0 Å². The Morgan fingerprint density at radius 2 is 2.12 bits per heavy atom. The highest BCUT2D eigenvalue weighted by molar-refractivity contribution is 5.42. The first kappa shape index (κ1) is 12.1. The molecule has 1 aromatic heterocycles. The summed E-state index contributed by atoms with van der Waals surface area (Å²) in [4.78, 5) is 8.72. The normalized spacial score (nSPS) is 22.5. The smallest absolute Gasteiger partial charge is 0.224 e.